The summed E-state index contributed by atoms with van der Waals surface area (Å²) < 4.78 is 43.3. The molecule has 0 spiro atoms. The van der Waals surface area contributed by atoms with Crippen molar-refractivity contribution >= 4 is 77.2 Å². The van der Waals surface area contributed by atoms with E-state index in [0.717, 1.165) is 27.3 Å². The van der Waals surface area contributed by atoms with Gasteiger partial charge in [0.1, 0.15) is 11.9 Å². The summed E-state index contributed by atoms with van der Waals surface area (Å²) in [7, 11) is -2.75. The van der Waals surface area contributed by atoms with Gasteiger partial charge >= 0.3 is 0 Å². The van der Waals surface area contributed by atoms with Gasteiger partial charge < -0.3 is 24.2 Å². The first-order valence-electron chi connectivity index (χ1n) is 12.1. The van der Waals surface area contributed by atoms with Crippen LogP contribution in [0, 0.1) is 6.92 Å². The molecule has 0 radical (unpaired) electrons. The zero-order chi connectivity index (χ0) is 33.5. The fourth-order valence-corrected chi connectivity index (χ4v) is 2.89. The normalized spacial score (nSPS) is 8.86. The lowest BCUT2D eigenvalue weighted by atomic mass is 10.2. The number of ether oxygens (including phenoxy) is 3. The molecule has 0 atom stereocenters. The van der Waals surface area contributed by atoms with Crippen molar-refractivity contribution in [2.45, 2.75) is 24.7 Å². The summed E-state index contributed by atoms with van der Waals surface area (Å²) in [5.74, 6) is 0. The van der Waals surface area contributed by atoms with Crippen LogP contribution in [0.2, 0.25) is 0 Å². The first kappa shape index (κ1) is 51.9. The fraction of sp³-hybridized carbons (Fsp3) is 0.565. The van der Waals surface area contributed by atoms with E-state index < -0.39 is 10.1 Å². The van der Waals surface area contributed by atoms with Gasteiger partial charge in [-0.3, -0.25) is 4.18 Å². The first-order valence-corrected chi connectivity index (χ1v) is 17.5. The van der Waals surface area contributed by atoms with E-state index in [1.54, 1.807) is 24.3 Å². The van der Waals surface area contributed by atoms with Crippen molar-refractivity contribution in [3.05, 3.63) is 76.0 Å². The predicted molar refractivity (Wildman–Crippen MR) is 190 cm³/mol. The Morgan fingerprint density at radius 1 is 0.886 bits per heavy atom. The van der Waals surface area contributed by atoms with Crippen LogP contribution in [0.1, 0.15) is 18.4 Å². The molecule has 14 nitrogen and oxygen atoms in total. The molecule has 1 aromatic rings. The molecule has 0 aliphatic carbocycles. The van der Waals surface area contributed by atoms with Crippen molar-refractivity contribution < 1.29 is 36.8 Å². The molecule has 252 valence electrons. The van der Waals surface area contributed by atoms with Crippen molar-refractivity contribution in [1.29, 1.82) is 0 Å². The number of nitrogens with zero attached hydrogens (tertiary/aromatic N) is 6. The molecule has 44 heavy (non-hydrogen) atoms. The standard InChI is InChI=1S/C13H18O4S.C6H11N3O2.C4H9N3O2.S3.S2.H2S/c1-3-4-9-16-10-11-17-18(14,15)13-7-5-12(2)6-8-13;1-2-3-4-10-5-6-11-9-8-7;5-7-6-1-3-9-4-2-8;1-3-2;1-2;/h3,5-8H,1,4,9-11H2,2H3;2H,1,3-6H2;8H,1-4H2;;;1H2. The summed E-state index contributed by atoms with van der Waals surface area (Å²) in [4.78, 5) is 9.50. The van der Waals surface area contributed by atoms with Crippen LogP contribution in [0.4, 0.5) is 0 Å². The molecule has 0 aliphatic rings. The zero-order valence-electron chi connectivity index (χ0n) is 24.3. The van der Waals surface area contributed by atoms with Gasteiger partial charge in [0, 0.05) is 70.0 Å². The second kappa shape index (κ2) is 45.7. The highest BCUT2D eigenvalue weighted by molar-refractivity contribution is 8.37. The van der Waals surface area contributed by atoms with Crippen molar-refractivity contribution in [1.82, 2.24) is 0 Å². The molecule has 1 N–H and O–H groups in total. The minimum Gasteiger partial charge on any atom is -0.431 e. The highest BCUT2D eigenvalue weighted by Gasteiger charge is 2.14. The predicted octanol–water partition coefficient (Wildman–Crippen LogP) is 4.52. The monoisotopic (exact) mass is 752 g/mol. The number of hydrogen-bond donors (Lipinski definition) is 1. The Balaban J connectivity index is -0.000000169. The van der Waals surface area contributed by atoms with Crippen LogP contribution < -0.4 is 0 Å². The topological polar surface area (TPSA) is 198 Å². The third-order valence-corrected chi connectivity index (χ3v) is 5.08. The number of aryl methyl sites for hydroxylation is 1. The third kappa shape index (κ3) is 44.8. The maximum atomic E-state index is 11.7. The van der Waals surface area contributed by atoms with Gasteiger partial charge in [-0.1, -0.05) is 35.0 Å². The smallest absolute Gasteiger partial charge is 0.297 e. The Hall–Kier alpha value is -1.68. The third-order valence-electron chi connectivity index (χ3n) is 3.76. The summed E-state index contributed by atoms with van der Waals surface area (Å²) >= 11 is 15.6. The summed E-state index contributed by atoms with van der Waals surface area (Å²) in [6, 6.07) is 6.53. The van der Waals surface area contributed by atoms with Crippen molar-refractivity contribution in [3.63, 3.8) is 0 Å². The van der Waals surface area contributed by atoms with E-state index in [0.29, 0.717) is 46.2 Å². The molecular formula is C23H40N6O8S7. The number of aliphatic hydroxyl groups is 1. The quantitative estimate of drug-likeness (QED) is 0.0372. The number of hydrogen-bond acceptors (Lipinski definition) is 14. The van der Waals surface area contributed by atoms with Gasteiger partial charge in [0.15, 0.2) is 0 Å². The number of rotatable bonds is 20. The maximum absolute atomic E-state index is 11.7. The van der Waals surface area contributed by atoms with Crippen molar-refractivity contribution in [2.75, 3.05) is 66.0 Å². The lowest BCUT2D eigenvalue weighted by Gasteiger charge is -2.06. The Labute approximate surface area is 289 Å². The van der Waals surface area contributed by atoms with Gasteiger partial charge in [0.25, 0.3) is 10.1 Å². The van der Waals surface area contributed by atoms with E-state index in [2.05, 4.69) is 83.0 Å². The van der Waals surface area contributed by atoms with Gasteiger partial charge in [0.05, 0.1) is 57.8 Å². The highest BCUT2D eigenvalue weighted by atomic mass is 33.1. The van der Waals surface area contributed by atoms with Crippen LogP contribution in [0.5, 0.6) is 0 Å². The molecule has 0 heterocycles. The lowest BCUT2D eigenvalue weighted by Crippen LogP contribution is -2.11. The van der Waals surface area contributed by atoms with Crippen LogP contribution in [-0.4, -0.2) is 79.5 Å². The van der Waals surface area contributed by atoms with Gasteiger partial charge in [-0.25, -0.2) is 0 Å². The van der Waals surface area contributed by atoms with Crippen molar-refractivity contribution in [3.8, 4) is 0 Å². The van der Waals surface area contributed by atoms with Gasteiger partial charge in [-0.15, -0.1) is 13.2 Å². The molecule has 1 rings (SSSR count). The average molecular weight is 753 g/mol. The van der Waals surface area contributed by atoms with Crippen LogP contribution in [0.15, 0.2) is 64.9 Å². The van der Waals surface area contributed by atoms with E-state index in [4.69, 9.17) is 34.6 Å². The minimum absolute atomic E-state index is 0. The minimum atomic E-state index is -3.67. The molecular weight excluding hydrogens is 713 g/mol. The first-order chi connectivity index (χ1) is 20.8. The van der Waals surface area contributed by atoms with Crippen LogP contribution in [0.25, 0.3) is 20.9 Å². The Kier molecular flexibility index (Phi) is 53.9. The summed E-state index contributed by atoms with van der Waals surface area (Å²) in [6.45, 7) is 12.2. The highest BCUT2D eigenvalue weighted by Crippen LogP contribution is 2.12. The SMILES string of the molecule is C=CCCOCCON=[N+]=[N-].C=CCCOCCOS(=O)(=O)c1ccc(C)cc1.S.S=S.S=S=S.[N-]=[N+]=NCCOCCO. The second-order valence-corrected chi connectivity index (χ2v) is 10.2. The molecule has 1 aromatic carbocycles. The molecule has 0 aliphatic heterocycles. The van der Waals surface area contributed by atoms with Gasteiger partial charge in [-0.2, -0.15) is 21.9 Å². The Morgan fingerprint density at radius 3 is 1.84 bits per heavy atom. The zero-order valence-corrected chi connectivity index (χ0v) is 30.2. The number of benzene rings is 1. The molecule has 0 unspecified atom stereocenters. The second-order valence-electron chi connectivity index (χ2n) is 6.83. The van der Waals surface area contributed by atoms with Gasteiger partial charge in [-0.05, 0) is 43.0 Å². The van der Waals surface area contributed by atoms with E-state index in [-0.39, 0.29) is 38.2 Å². The molecule has 0 bridgehead atoms. The van der Waals surface area contributed by atoms with E-state index >= 15 is 0 Å². The van der Waals surface area contributed by atoms with E-state index in [1.165, 1.54) is 12.1 Å². The largest absolute Gasteiger partial charge is 0.431 e. The lowest BCUT2D eigenvalue weighted by molar-refractivity contribution is 0.0501. The maximum Gasteiger partial charge on any atom is 0.297 e. The molecule has 0 saturated heterocycles. The van der Waals surface area contributed by atoms with Crippen LogP contribution >= 0.6 is 13.5 Å². The molecule has 21 heteroatoms. The summed E-state index contributed by atoms with van der Waals surface area (Å²) in [5.41, 5.74) is 16.6. The Morgan fingerprint density at radius 2 is 1.39 bits per heavy atom. The molecule has 0 amide bonds. The molecule has 0 saturated carbocycles. The molecule has 0 fully saturated rings. The average Bonchev–Trinajstić information content (AvgIpc) is 3.01. The summed E-state index contributed by atoms with van der Waals surface area (Å²) in [5, 5.41) is 14.3. The van der Waals surface area contributed by atoms with Crippen LogP contribution in [0.3, 0.4) is 0 Å². The molecule has 0 aromatic heterocycles. The fourth-order valence-electron chi connectivity index (χ4n) is 1.99. The van der Waals surface area contributed by atoms with Crippen LogP contribution in [-0.2, 0) is 87.0 Å². The van der Waals surface area contributed by atoms with Gasteiger partial charge in [0.2, 0.25) is 0 Å². The number of azide groups is 2. The number of aliphatic hydroxyl groups excluding tert-OH is 1. The summed E-state index contributed by atoms with van der Waals surface area (Å²) in [6.07, 6.45) is 5.07. The van der Waals surface area contributed by atoms with E-state index in [9.17, 15) is 8.42 Å². The van der Waals surface area contributed by atoms with E-state index in [1.807, 2.05) is 6.92 Å². The van der Waals surface area contributed by atoms with Crippen molar-refractivity contribution in [2.24, 2.45) is 10.4 Å². The Bertz CT molecular complexity index is 1040.